The third-order valence-corrected chi connectivity index (χ3v) is 6.67. The van der Waals surface area contributed by atoms with Crippen LogP contribution in [0.1, 0.15) is 42.2 Å². The highest BCUT2D eigenvalue weighted by atomic mass is 35.5. The molecule has 1 aromatic carbocycles. The normalized spacial score (nSPS) is 24.7. The molecule has 2 unspecified atom stereocenters. The van der Waals surface area contributed by atoms with E-state index in [0.29, 0.717) is 12.8 Å². The molecule has 29 heavy (non-hydrogen) atoms. The summed E-state index contributed by atoms with van der Waals surface area (Å²) in [5.41, 5.74) is 2.02. The highest BCUT2D eigenvalue weighted by molar-refractivity contribution is 7.10. The van der Waals surface area contributed by atoms with Gasteiger partial charge < -0.3 is 15.5 Å². The predicted octanol–water partition coefficient (Wildman–Crippen LogP) is 3.83. The Morgan fingerprint density at radius 1 is 1.21 bits per heavy atom. The van der Waals surface area contributed by atoms with Crippen molar-refractivity contribution in [2.45, 2.75) is 44.7 Å². The van der Waals surface area contributed by atoms with Crippen molar-refractivity contribution in [3.63, 3.8) is 0 Å². The first kappa shape index (κ1) is 21.8. The van der Waals surface area contributed by atoms with Crippen molar-refractivity contribution in [2.24, 2.45) is 5.92 Å². The second-order valence-electron chi connectivity index (χ2n) is 7.76. The number of nitrogens with zero attached hydrogens (tertiary/aromatic N) is 1. The van der Waals surface area contributed by atoms with Crippen molar-refractivity contribution >= 4 is 41.2 Å². The van der Waals surface area contributed by atoms with Crippen LogP contribution in [0.4, 0.5) is 5.69 Å². The molecule has 2 aliphatic rings. The molecule has 0 saturated carbocycles. The van der Waals surface area contributed by atoms with E-state index in [1.807, 2.05) is 53.6 Å². The van der Waals surface area contributed by atoms with Gasteiger partial charge in [0.05, 0.1) is 12.0 Å². The van der Waals surface area contributed by atoms with Crippen LogP contribution in [0.25, 0.3) is 0 Å². The van der Waals surface area contributed by atoms with E-state index in [4.69, 9.17) is 0 Å². The fourth-order valence-corrected chi connectivity index (χ4v) is 5.13. The van der Waals surface area contributed by atoms with E-state index in [0.717, 1.165) is 42.1 Å². The van der Waals surface area contributed by atoms with Gasteiger partial charge in [-0.3, -0.25) is 9.59 Å². The maximum absolute atomic E-state index is 13.2. The minimum Gasteiger partial charge on any atom is -0.352 e. The lowest BCUT2D eigenvalue weighted by Gasteiger charge is -2.40. The molecule has 3 heterocycles. The van der Waals surface area contributed by atoms with Gasteiger partial charge in [0, 0.05) is 29.6 Å². The first-order valence-electron chi connectivity index (χ1n) is 10.1. The highest BCUT2D eigenvalue weighted by Gasteiger charge is 2.42. The van der Waals surface area contributed by atoms with Crippen LogP contribution in [0.15, 0.2) is 41.8 Å². The largest absolute Gasteiger partial charge is 0.352 e. The number of piperidine rings is 2. The molecular formula is C22H28ClN3O2S. The van der Waals surface area contributed by atoms with Crippen LogP contribution in [-0.2, 0) is 9.59 Å². The van der Waals surface area contributed by atoms with Crippen molar-refractivity contribution in [2.75, 3.05) is 18.0 Å². The molecule has 0 bridgehead atoms. The minimum atomic E-state index is -0.250. The lowest BCUT2D eigenvalue weighted by atomic mass is 9.86. The van der Waals surface area contributed by atoms with Gasteiger partial charge in [0.2, 0.25) is 11.8 Å². The third-order valence-electron chi connectivity index (χ3n) is 5.72. The Morgan fingerprint density at radius 2 is 2.00 bits per heavy atom. The molecule has 4 rings (SSSR count). The summed E-state index contributed by atoms with van der Waals surface area (Å²) >= 11 is 1.61. The summed E-state index contributed by atoms with van der Waals surface area (Å²) in [7, 11) is 0. The van der Waals surface area contributed by atoms with E-state index in [1.165, 1.54) is 0 Å². The van der Waals surface area contributed by atoms with Crippen LogP contribution < -0.4 is 15.5 Å². The second kappa shape index (κ2) is 9.74. The number of rotatable bonds is 4. The summed E-state index contributed by atoms with van der Waals surface area (Å²) in [4.78, 5) is 29.1. The molecule has 0 aliphatic carbocycles. The Balaban J connectivity index is 0.00000240. The van der Waals surface area contributed by atoms with Crippen LogP contribution >= 0.6 is 23.7 Å². The number of carbonyl (C=O) groups excluding carboxylic acids is 2. The summed E-state index contributed by atoms with van der Waals surface area (Å²) in [6.45, 7) is 3.87. The number of thiophene rings is 1. The van der Waals surface area contributed by atoms with Gasteiger partial charge >= 0.3 is 0 Å². The van der Waals surface area contributed by atoms with Crippen LogP contribution in [0.2, 0.25) is 0 Å². The molecule has 2 aromatic rings. The van der Waals surface area contributed by atoms with Gasteiger partial charge in [-0.25, -0.2) is 0 Å². The number of halogens is 1. The van der Waals surface area contributed by atoms with Crippen molar-refractivity contribution in [1.29, 1.82) is 0 Å². The van der Waals surface area contributed by atoms with E-state index in [2.05, 4.69) is 10.6 Å². The number of hydrogen-bond donors (Lipinski definition) is 2. The molecular weight excluding hydrogens is 406 g/mol. The van der Waals surface area contributed by atoms with Gasteiger partial charge in [-0.05, 0) is 56.3 Å². The average Bonchev–Trinajstić information content (AvgIpc) is 3.24. The Bertz CT molecular complexity index is 819. The molecule has 2 amide bonds. The van der Waals surface area contributed by atoms with Crippen LogP contribution in [0.3, 0.4) is 0 Å². The van der Waals surface area contributed by atoms with E-state index in [9.17, 15) is 9.59 Å². The van der Waals surface area contributed by atoms with E-state index in [-0.39, 0.29) is 42.2 Å². The topological polar surface area (TPSA) is 61.4 Å². The predicted molar refractivity (Wildman–Crippen MR) is 120 cm³/mol. The smallest absolute Gasteiger partial charge is 0.227 e. The van der Waals surface area contributed by atoms with E-state index in [1.54, 1.807) is 11.3 Å². The molecule has 7 heteroatoms. The maximum atomic E-state index is 13.2. The van der Waals surface area contributed by atoms with E-state index < -0.39 is 0 Å². The molecule has 0 spiro atoms. The SMILES string of the molecule is Cc1ccc(N2C(=O)CCC(C(=O)N[C@H]3CCCNC3)C2c2cccs2)cc1.Cl. The number of nitrogens with one attached hydrogen (secondary N) is 2. The molecule has 156 valence electrons. The minimum absolute atomic E-state index is 0. The number of carbonyl (C=O) groups is 2. The number of amides is 2. The zero-order valence-electron chi connectivity index (χ0n) is 16.6. The van der Waals surface area contributed by atoms with Crippen molar-refractivity contribution < 1.29 is 9.59 Å². The van der Waals surface area contributed by atoms with Gasteiger partial charge in [0.1, 0.15) is 0 Å². The van der Waals surface area contributed by atoms with Crippen LogP contribution in [0, 0.1) is 12.8 Å². The monoisotopic (exact) mass is 433 g/mol. The standard InChI is InChI=1S/C22H27N3O2S.ClH/c1-15-6-8-17(9-7-15)25-20(26)11-10-18(21(25)19-5-3-13-28-19)22(27)24-16-4-2-12-23-14-16;/h3,5-9,13,16,18,21,23H,2,4,10-12,14H2,1H3,(H,24,27);1H/t16-,18?,21?;/m0./s1. The van der Waals surface area contributed by atoms with Gasteiger partial charge in [0.15, 0.2) is 0 Å². The van der Waals surface area contributed by atoms with Gasteiger partial charge in [-0.1, -0.05) is 23.8 Å². The van der Waals surface area contributed by atoms with Gasteiger partial charge in [-0.15, -0.1) is 23.7 Å². The fraction of sp³-hybridized carbons (Fsp3) is 0.455. The molecule has 2 N–H and O–H groups in total. The zero-order valence-corrected chi connectivity index (χ0v) is 18.2. The summed E-state index contributed by atoms with van der Waals surface area (Å²) < 4.78 is 0. The van der Waals surface area contributed by atoms with Crippen molar-refractivity contribution in [3.05, 3.63) is 52.2 Å². The van der Waals surface area contributed by atoms with E-state index >= 15 is 0 Å². The molecule has 5 nitrogen and oxygen atoms in total. The second-order valence-corrected chi connectivity index (χ2v) is 8.74. The van der Waals surface area contributed by atoms with Gasteiger partial charge in [-0.2, -0.15) is 0 Å². The Morgan fingerprint density at radius 3 is 2.66 bits per heavy atom. The molecule has 2 fully saturated rings. The summed E-state index contributed by atoms with van der Waals surface area (Å²) in [6, 6.07) is 12.0. The lowest BCUT2D eigenvalue weighted by Crippen LogP contribution is -2.52. The first-order valence-corrected chi connectivity index (χ1v) is 10.9. The quantitative estimate of drug-likeness (QED) is 0.770. The summed E-state index contributed by atoms with van der Waals surface area (Å²) in [5.74, 6) is -0.0815. The zero-order chi connectivity index (χ0) is 19.5. The van der Waals surface area contributed by atoms with Crippen molar-refractivity contribution in [3.8, 4) is 0 Å². The van der Waals surface area contributed by atoms with Crippen LogP contribution in [0.5, 0.6) is 0 Å². The summed E-state index contributed by atoms with van der Waals surface area (Å²) in [5, 5.41) is 8.61. The average molecular weight is 434 g/mol. The van der Waals surface area contributed by atoms with Crippen LogP contribution in [-0.4, -0.2) is 30.9 Å². The maximum Gasteiger partial charge on any atom is 0.227 e. The number of aryl methyl sites for hydroxylation is 1. The molecule has 3 atom stereocenters. The molecule has 2 saturated heterocycles. The molecule has 1 aromatic heterocycles. The molecule has 2 aliphatic heterocycles. The fourth-order valence-electron chi connectivity index (χ4n) is 4.25. The van der Waals surface area contributed by atoms with Gasteiger partial charge in [0.25, 0.3) is 0 Å². The highest BCUT2D eigenvalue weighted by Crippen LogP contribution is 2.41. The number of anilines is 1. The Kier molecular flexibility index (Phi) is 7.33. The lowest BCUT2D eigenvalue weighted by molar-refractivity contribution is -0.129. The number of hydrogen-bond acceptors (Lipinski definition) is 4. The summed E-state index contributed by atoms with van der Waals surface area (Å²) in [6.07, 6.45) is 3.08. The number of benzene rings is 1. The first-order chi connectivity index (χ1) is 13.6. The van der Waals surface area contributed by atoms with Crippen molar-refractivity contribution in [1.82, 2.24) is 10.6 Å². The Hall–Kier alpha value is -1.89. The Labute approximate surface area is 182 Å². The third kappa shape index (κ3) is 4.82. The molecule has 0 radical (unpaired) electrons.